The molecule has 0 atom stereocenters. The zero-order chi connectivity index (χ0) is 15.4. The van der Waals surface area contributed by atoms with Gasteiger partial charge in [0.2, 0.25) is 0 Å². The number of carbonyl (C=O) groups is 1. The van der Waals surface area contributed by atoms with Gasteiger partial charge in [0.25, 0.3) is 0 Å². The van der Waals surface area contributed by atoms with Crippen molar-refractivity contribution in [3.05, 3.63) is 58.9 Å². The summed E-state index contributed by atoms with van der Waals surface area (Å²) in [7, 11) is 1.39. The molecule has 2 rings (SSSR count). The van der Waals surface area contributed by atoms with Crippen molar-refractivity contribution in [1.82, 2.24) is 4.57 Å². The van der Waals surface area contributed by atoms with Crippen LogP contribution in [0.4, 0.5) is 0 Å². The lowest BCUT2D eigenvalue weighted by Gasteiger charge is -2.12. The van der Waals surface area contributed by atoms with E-state index in [1.165, 1.54) is 24.1 Å². The second-order valence-corrected chi connectivity index (χ2v) is 4.93. The number of carbonyl (C=O) groups excluding carboxylic acids is 1. The van der Waals surface area contributed by atoms with E-state index in [0.29, 0.717) is 5.56 Å². The van der Waals surface area contributed by atoms with E-state index in [-0.39, 0.29) is 5.97 Å². The van der Waals surface area contributed by atoms with Crippen LogP contribution in [-0.2, 0) is 11.2 Å². The van der Waals surface area contributed by atoms with E-state index >= 15 is 0 Å². The van der Waals surface area contributed by atoms with Gasteiger partial charge in [-0.15, -0.1) is 0 Å². The van der Waals surface area contributed by atoms with Gasteiger partial charge in [-0.05, 0) is 62.2 Å². The number of rotatable bonds is 4. The van der Waals surface area contributed by atoms with Gasteiger partial charge in [0.15, 0.2) is 0 Å². The molecule has 0 N–H and O–H groups in total. The molecular formula is C18H21NO2. The molecule has 0 unspecified atom stereocenters. The van der Waals surface area contributed by atoms with Crippen molar-refractivity contribution >= 4 is 12.0 Å². The Bertz CT molecular complexity index is 663. The summed E-state index contributed by atoms with van der Waals surface area (Å²) in [4.78, 5) is 11.5. The second kappa shape index (κ2) is 6.44. The summed E-state index contributed by atoms with van der Waals surface area (Å²) in [5, 5.41) is 0. The first-order chi connectivity index (χ1) is 10.1. The molecule has 0 radical (unpaired) electrons. The van der Waals surface area contributed by atoms with Crippen LogP contribution in [0.2, 0.25) is 0 Å². The summed E-state index contributed by atoms with van der Waals surface area (Å²) in [6, 6.07) is 9.73. The van der Waals surface area contributed by atoms with Gasteiger partial charge in [-0.25, -0.2) is 4.79 Å². The number of benzene rings is 1. The lowest BCUT2D eigenvalue weighted by molar-refractivity contribution is 0.0601. The minimum Gasteiger partial charge on any atom is -0.465 e. The Labute approximate surface area is 125 Å². The summed E-state index contributed by atoms with van der Waals surface area (Å²) >= 11 is 0. The lowest BCUT2D eigenvalue weighted by atomic mass is 10.2. The highest BCUT2D eigenvalue weighted by atomic mass is 16.5. The minimum atomic E-state index is -0.311. The molecule has 0 aliphatic carbocycles. The number of ether oxygens (including phenoxy) is 1. The van der Waals surface area contributed by atoms with Gasteiger partial charge in [-0.3, -0.25) is 0 Å². The summed E-state index contributed by atoms with van der Waals surface area (Å²) in [5.41, 5.74) is 5.31. The van der Waals surface area contributed by atoms with E-state index in [2.05, 4.69) is 30.6 Å². The number of esters is 1. The minimum absolute atomic E-state index is 0.311. The Morgan fingerprint density at radius 1 is 1.29 bits per heavy atom. The molecule has 1 aromatic heterocycles. The summed E-state index contributed by atoms with van der Waals surface area (Å²) in [5.74, 6) is -0.311. The van der Waals surface area contributed by atoms with Gasteiger partial charge in [-0.2, -0.15) is 0 Å². The Balaban J connectivity index is 2.53. The number of hydrogen-bond acceptors (Lipinski definition) is 2. The Morgan fingerprint density at radius 2 is 1.95 bits per heavy atom. The fourth-order valence-electron chi connectivity index (χ4n) is 2.51. The van der Waals surface area contributed by atoms with Gasteiger partial charge in [0.05, 0.1) is 12.7 Å². The highest BCUT2D eigenvalue weighted by Crippen LogP contribution is 2.23. The molecule has 1 aromatic carbocycles. The molecule has 0 spiro atoms. The predicted molar refractivity (Wildman–Crippen MR) is 85.9 cm³/mol. The molecule has 0 fully saturated rings. The maximum atomic E-state index is 11.5. The van der Waals surface area contributed by atoms with Gasteiger partial charge >= 0.3 is 5.97 Å². The highest BCUT2D eigenvalue weighted by Gasteiger charge is 2.12. The average molecular weight is 283 g/mol. The van der Waals surface area contributed by atoms with Gasteiger partial charge in [-0.1, -0.05) is 13.0 Å². The molecule has 110 valence electrons. The van der Waals surface area contributed by atoms with E-state index in [1.54, 1.807) is 12.1 Å². The molecule has 0 amide bonds. The van der Waals surface area contributed by atoms with Crippen LogP contribution in [0.5, 0.6) is 0 Å². The Kier molecular flexibility index (Phi) is 4.63. The fraction of sp³-hybridized carbons (Fsp3) is 0.278. The van der Waals surface area contributed by atoms with Crippen molar-refractivity contribution in [2.45, 2.75) is 27.2 Å². The van der Waals surface area contributed by atoms with Crippen LogP contribution in [-0.4, -0.2) is 17.6 Å². The normalized spacial score (nSPS) is 11.0. The zero-order valence-corrected chi connectivity index (χ0v) is 13.0. The molecule has 3 heteroatoms. The van der Waals surface area contributed by atoms with Crippen LogP contribution in [0, 0.1) is 6.92 Å². The first kappa shape index (κ1) is 15.1. The van der Waals surface area contributed by atoms with Crippen LogP contribution >= 0.6 is 0 Å². The van der Waals surface area contributed by atoms with Crippen LogP contribution in [0.15, 0.2) is 36.4 Å². The molecule has 0 saturated carbocycles. The molecule has 0 aliphatic rings. The molecule has 2 aromatic rings. The molecule has 3 nitrogen and oxygen atoms in total. The third-order valence-corrected chi connectivity index (χ3v) is 3.55. The van der Waals surface area contributed by atoms with Crippen molar-refractivity contribution in [2.75, 3.05) is 7.11 Å². The number of aromatic nitrogens is 1. The van der Waals surface area contributed by atoms with E-state index in [4.69, 9.17) is 4.74 Å². The summed E-state index contributed by atoms with van der Waals surface area (Å²) in [6.45, 7) is 6.28. The van der Waals surface area contributed by atoms with Gasteiger partial charge in [0.1, 0.15) is 0 Å². The molecule has 1 heterocycles. The zero-order valence-electron chi connectivity index (χ0n) is 13.0. The third-order valence-electron chi connectivity index (χ3n) is 3.55. The van der Waals surface area contributed by atoms with Crippen LogP contribution < -0.4 is 0 Å². The fourth-order valence-corrected chi connectivity index (χ4v) is 2.51. The average Bonchev–Trinajstić information content (AvgIpc) is 2.83. The topological polar surface area (TPSA) is 31.2 Å². The van der Waals surface area contributed by atoms with Crippen molar-refractivity contribution in [3.63, 3.8) is 0 Å². The number of nitrogens with zero attached hydrogens (tertiary/aromatic N) is 1. The third kappa shape index (κ3) is 2.92. The molecule has 0 bridgehead atoms. The standard InChI is InChI=1S/C18H21NO2/c1-5-7-17-13(3)12-15(6-2)19(17)16-10-8-14(9-11-16)18(20)21-4/h5,7-12H,6H2,1-4H3/b7-5-. The van der Waals surface area contributed by atoms with Crippen LogP contribution in [0.3, 0.4) is 0 Å². The van der Waals surface area contributed by atoms with Crippen molar-refractivity contribution < 1.29 is 9.53 Å². The Morgan fingerprint density at radius 3 is 2.48 bits per heavy atom. The van der Waals surface area contributed by atoms with E-state index < -0.39 is 0 Å². The Hall–Kier alpha value is -2.29. The SMILES string of the molecule is C/C=C\c1c(C)cc(CC)n1-c1ccc(C(=O)OC)cc1. The van der Waals surface area contributed by atoms with Crippen molar-refractivity contribution in [2.24, 2.45) is 0 Å². The van der Waals surface area contributed by atoms with Gasteiger partial charge in [0, 0.05) is 17.1 Å². The first-order valence-corrected chi connectivity index (χ1v) is 7.15. The van der Waals surface area contributed by atoms with E-state index in [1.807, 2.05) is 25.1 Å². The quantitative estimate of drug-likeness (QED) is 0.789. The number of allylic oxidation sites excluding steroid dienone is 1. The second-order valence-electron chi connectivity index (χ2n) is 4.93. The van der Waals surface area contributed by atoms with Gasteiger partial charge < -0.3 is 9.30 Å². The van der Waals surface area contributed by atoms with Crippen molar-refractivity contribution in [1.29, 1.82) is 0 Å². The molecule has 0 aliphatic heterocycles. The summed E-state index contributed by atoms with van der Waals surface area (Å²) in [6.07, 6.45) is 5.11. The monoisotopic (exact) mass is 283 g/mol. The largest absolute Gasteiger partial charge is 0.465 e. The van der Waals surface area contributed by atoms with E-state index in [9.17, 15) is 4.79 Å². The predicted octanol–water partition coefficient (Wildman–Crippen LogP) is 4.17. The lowest BCUT2D eigenvalue weighted by Crippen LogP contribution is -2.04. The molecule has 0 saturated heterocycles. The highest BCUT2D eigenvalue weighted by molar-refractivity contribution is 5.89. The number of methoxy groups -OCH3 is 1. The number of aryl methyl sites for hydroxylation is 2. The molecular weight excluding hydrogens is 262 g/mol. The maximum absolute atomic E-state index is 11.5. The maximum Gasteiger partial charge on any atom is 0.337 e. The van der Waals surface area contributed by atoms with Crippen LogP contribution in [0.25, 0.3) is 11.8 Å². The summed E-state index contributed by atoms with van der Waals surface area (Å²) < 4.78 is 6.97. The first-order valence-electron chi connectivity index (χ1n) is 7.15. The van der Waals surface area contributed by atoms with Crippen LogP contribution in [0.1, 0.15) is 41.2 Å². The van der Waals surface area contributed by atoms with E-state index in [0.717, 1.165) is 12.1 Å². The van der Waals surface area contributed by atoms with Crippen molar-refractivity contribution in [3.8, 4) is 5.69 Å². The number of hydrogen-bond donors (Lipinski definition) is 0. The smallest absolute Gasteiger partial charge is 0.337 e. The molecule has 21 heavy (non-hydrogen) atoms.